The van der Waals surface area contributed by atoms with E-state index in [2.05, 4.69) is 16.0 Å². The van der Waals surface area contributed by atoms with Crippen molar-refractivity contribution in [1.82, 2.24) is 5.32 Å². The molecule has 19 heteroatoms. The molecule has 0 saturated heterocycles. The van der Waals surface area contributed by atoms with Crippen LogP contribution in [-0.4, -0.2) is 60.6 Å². The standard InChI is InChI=1S/C27H34F8N4O5Si.Y/c1-6-8-12(38-24-20(32)16(28)14(26(36)40)17(29)21(24)33)13(9-7-2)39-25-22(34)18(30)15(19(31)23(25)35)27(41)37-10-11-45(42-3,43-4)44-5;/h12-13H,6-11H2,1-5H3,(H5,36,37,38,39,40,41);/p-1. The summed E-state index contributed by atoms with van der Waals surface area (Å²) >= 11 is 0. The Labute approximate surface area is 286 Å². The summed E-state index contributed by atoms with van der Waals surface area (Å²) in [7, 11) is 0.630. The van der Waals surface area contributed by atoms with E-state index in [0.29, 0.717) is 0 Å². The molecule has 0 aliphatic heterocycles. The average molecular weight is 763 g/mol. The van der Waals surface area contributed by atoms with Crippen molar-refractivity contribution < 1.29 is 90.7 Å². The second kappa shape index (κ2) is 18.2. The Morgan fingerprint density at radius 3 is 1.33 bits per heavy atom. The van der Waals surface area contributed by atoms with Gasteiger partial charge in [-0.1, -0.05) is 26.7 Å². The predicted molar refractivity (Wildman–Crippen MR) is 150 cm³/mol. The minimum Gasteiger partial charge on any atom is -0.663 e. The molecule has 255 valence electrons. The van der Waals surface area contributed by atoms with Gasteiger partial charge in [0.25, 0.3) is 5.91 Å². The molecule has 2 atom stereocenters. The van der Waals surface area contributed by atoms with Crippen molar-refractivity contribution in [3.63, 3.8) is 0 Å². The SMILES string of the molecule is CCCC(Nc1c(F)c(F)c(C([NH-])=O)c(F)c1F)C(CCC)Nc1c(F)c(F)c(C(=O)NCC[Si](OC)(OC)OC)c(F)c1F.[Y]. The van der Waals surface area contributed by atoms with E-state index in [1.165, 1.54) is 21.3 Å². The van der Waals surface area contributed by atoms with Crippen LogP contribution in [0.3, 0.4) is 0 Å². The summed E-state index contributed by atoms with van der Waals surface area (Å²) in [6, 6.07) is -2.59. The molecular weight excluding hydrogens is 729 g/mol. The Kier molecular flexibility index (Phi) is 16.5. The molecule has 2 amide bonds. The molecule has 0 fully saturated rings. The zero-order valence-electron chi connectivity index (χ0n) is 25.5. The molecule has 0 aliphatic carbocycles. The van der Waals surface area contributed by atoms with E-state index in [0.717, 1.165) is 0 Å². The molecule has 4 N–H and O–H groups in total. The summed E-state index contributed by atoms with van der Waals surface area (Å²) in [5.74, 6) is -19.9. The van der Waals surface area contributed by atoms with Gasteiger partial charge in [0.05, 0.1) is 11.5 Å². The Morgan fingerprint density at radius 1 is 0.674 bits per heavy atom. The van der Waals surface area contributed by atoms with Gasteiger partial charge in [-0.3, -0.25) is 4.79 Å². The summed E-state index contributed by atoms with van der Waals surface area (Å²) in [6.07, 6.45) is 0.374. The Morgan fingerprint density at radius 2 is 1.02 bits per heavy atom. The van der Waals surface area contributed by atoms with Crippen LogP contribution in [0.15, 0.2) is 0 Å². The van der Waals surface area contributed by atoms with Crippen LogP contribution in [0.5, 0.6) is 0 Å². The molecule has 2 unspecified atom stereocenters. The Bertz CT molecular complexity index is 1340. The molecule has 0 heterocycles. The maximum atomic E-state index is 15.2. The maximum absolute atomic E-state index is 15.2. The molecule has 0 saturated carbocycles. The summed E-state index contributed by atoms with van der Waals surface area (Å²) in [5.41, 5.74) is 0.820. The van der Waals surface area contributed by atoms with Crippen LogP contribution < -0.4 is 16.0 Å². The molecular formula is C27H33F8N4O5SiY-. The molecule has 2 aromatic carbocycles. The largest absolute Gasteiger partial charge is 0.663 e. The zero-order chi connectivity index (χ0) is 34.2. The van der Waals surface area contributed by atoms with Crippen molar-refractivity contribution >= 4 is 32.0 Å². The van der Waals surface area contributed by atoms with Crippen molar-refractivity contribution in [3.05, 3.63) is 63.4 Å². The smallest absolute Gasteiger partial charge is 0.501 e. The van der Waals surface area contributed by atoms with E-state index in [1.54, 1.807) is 13.8 Å². The minimum absolute atomic E-state index is 0. The van der Waals surface area contributed by atoms with Gasteiger partial charge in [0.2, 0.25) is 0 Å². The fourth-order valence-electron chi connectivity index (χ4n) is 4.63. The third-order valence-corrected chi connectivity index (χ3v) is 9.70. The number of anilines is 2. The van der Waals surface area contributed by atoms with Gasteiger partial charge in [-0.15, -0.1) is 0 Å². The number of nitrogens with one attached hydrogen (secondary N) is 4. The van der Waals surface area contributed by atoms with Crippen LogP contribution in [0.2, 0.25) is 6.04 Å². The normalized spacial score (nSPS) is 12.7. The first kappa shape index (κ1) is 41.6. The third-order valence-electron chi connectivity index (χ3n) is 6.98. The second-order valence-corrected chi connectivity index (χ2v) is 12.8. The van der Waals surface area contributed by atoms with Crippen LogP contribution in [0.4, 0.5) is 46.5 Å². The quantitative estimate of drug-likeness (QED) is 0.0962. The number of carbonyl (C=O) groups is 2. The van der Waals surface area contributed by atoms with Gasteiger partial charge in [0.15, 0.2) is 46.5 Å². The van der Waals surface area contributed by atoms with E-state index in [9.17, 15) is 27.2 Å². The summed E-state index contributed by atoms with van der Waals surface area (Å²) in [5, 5.41) is 6.61. The first-order valence-electron chi connectivity index (χ1n) is 13.6. The molecule has 0 aliphatic rings. The number of halogens is 8. The third kappa shape index (κ3) is 8.95. The minimum atomic E-state index is -3.22. The molecule has 0 spiro atoms. The molecule has 1 radical (unpaired) electrons. The number of carbonyl (C=O) groups excluding carboxylic acids is 2. The van der Waals surface area contributed by atoms with Gasteiger partial charge in [-0.05, 0) is 12.8 Å². The van der Waals surface area contributed by atoms with E-state index in [-0.39, 0.29) is 71.0 Å². The van der Waals surface area contributed by atoms with E-state index >= 15 is 17.6 Å². The Balaban J connectivity index is 0.0000106. The van der Waals surface area contributed by atoms with Crippen LogP contribution >= 0.6 is 0 Å². The van der Waals surface area contributed by atoms with Crippen molar-refractivity contribution in [2.24, 2.45) is 0 Å². The fraction of sp³-hybridized carbons (Fsp3) is 0.481. The van der Waals surface area contributed by atoms with Crippen molar-refractivity contribution in [3.8, 4) is 0 Å². The topological polar surface area (TPSA) is 122 Å². The van der Waals surface area contributed by atoms with Crippen molar-refractivity contribution in [2.45, 2.75) is 57.7 Å². The van der Waals surface area contributed by atoms with E-state index in [4.69, 9.17) is 19.0 Å². The van der Waals surface area contributed by atoms with Crippen molar-refractivity contribution in [2.75, 3.05) is 38.5 Å². The number of benzene rings is 2. The monoisotopic (exact) mass is 762 g/mol. The fourth-order valence-corrected chi connectivity index (χ4v) is 6.17. The summed E-state index contributed by atoms with van der Waals surface area (Å²) < 4.78 is 134. The predicted octanol–water partition coefficient (Wildman–Crippen LogP) is 6.46. The van der Waals surface area contributed by atoms with Gasteiger partial charge in [0.1, 0.15) is 16.9 Å². The second-order valence-electron chi connectivity index (χ2n) is 9.72. The number of hydrogen-bond donors (Lipinski definition) is 3. The number of amides is 2. The van der Waals surface area contributed by atoms with E-state index in [1.807, 2.05) is 0 Å². The van der Waals surface area contributed by atoms with Crippen LogP contribution in [0, 0.1) is 46.5 Å². The van der Waals surface area contributed by atoms with Gasteiger partial charge in [-0.2, -0.15) is 0 Å². The van der Waals surface area contributed by atoms with Gasteiger partial charge >= 0.3 is 8.80 Å². The summed E-state index contributed by atoms with van der Waals surface area (Å²) in [4.78, 5) is 23.7. The van der Waals surface area contributed by atoms with E-state index < -0.39 is 102 Å². The Hall–Kier alpha value is -2.38. The zero-order valence-corrected chi connectivity index (χ0v) is 29.4. The molecule has 0 bridgehead atoms. The summed E-state index contributed by atoms with van der Waals surface area (Å²) in [6.45, 7) is 2.89. The average Bonchev–Trinajstić information content (AvgIpc) is 3.00. The molecule has 0 aromatic heterocycles. The number of hydrogen-bond acceptors (Lipinski definition) is 7. The molecule has 2 rings (SSSR count). The van der Waals surface area contributed by atoms with Crippen molar-refractivity contribution in [1.29, 1.82) is 0 Å². The molecule has 46 heavy (non-hydrogen) atoms. The van der Waals surface area contributed by atoms with Crippen LogP contribution in [0.1, 0.15) is 60.2 Å². The maximum Gasteiger partial charge on any atom is 0.501 e. The number of rotatable bonds is 17. The van der Waals surface area contributed by atoms with Gasteiger partial charge < -0.3 is 39.8 Å². The first-order valence-corrected chi connectivity index (χ1v) is 15.5. The molecule has 2 aromatic rings. The van der Waals surface area contributed by atoms with Gasteiger partial charge in [-0.25, -0.2) is 35.1 Å². The van der Waals surface area contributed by atoms with Crippen LogP contribution in [-0.2, 0) is 46.0 Å². The first-order chi connectivity index (χ1) is 21.2. The molecule has 9 nitrogen and oxygen atoms in total. The van der Waals surface area contributed by atoms with Crippen LogP contribution in [0.25, 0.3) is 5.73 Å². The van der Waals surface area contributed by atoms with Gasteiger partial charge in [0, 0.05) is 78.7 Å².